The van der Waals surface area contributed by atoms with Gasteiger partial charge in [0, 0.05) is 12.6 Å². The number of rotatable bonds is 7. The molecule has 26 heavy (non-hydrogen) atoms. The van der Waals surface area contributed by atoms with Crippen LogP contribution in [0.15, 0.2) is 42.5 Å². The number of hydrogen-bond donors (Lipinski definition) is 2. The Hall–Kier alpha value is -2.45. The average Bonchev–Trinajstić information content (AvgIpc) is 2.60. The average molecular weight is 377 g/mol. The quantitative estimate of drug-likeness (QED) is 0.436. The molecule has 0 bridgehead atoms. The lowest BCUT2D eigenvalue weighted by Gasteiger charge is -2.15. The normalized spacial score (nSPS) is 12.9. The monoisotopic (exact) mass is 377 g/mol. The minimum atomic E-state index is -3.30. The van der Waals surface area contributed by atoms with Crippen molar-refractivity contribution in [1.29, 1.82) is 0 Å². The van der Waals surface area contributed by atoms with Crippen LogP contribution in [0.5, 0.6) is 0 Å². The second-order valence-corrected chi connectivity index (χ2v) is 8.82. The van der Waals surface area contributed by atoms with E-state index in [-0.39, 0.29) is 17.3 Å². The summed E-state index contributed by atoms with van der Waals surface area (Å²) in [6.45, 7) is 5.51. The first-order valence-electron chi connectivity index (χ1n) is 8.24. The van der Waals surface area contributed by atoms with Gasteiger partial charge in [0.15, 0.2) is 0 Å². The molecule has 140 valence electrons. The minimum absolute atomic E-state index is 0.00155. The van der Waals surface area contributed by atoms with Gasteiger partial charge in [0.1, 0.15) is 5.69 Å². The van der Waals surface area contributed by atoms with Crippen molar-refractivity contribution in [3.8, 4) is 11.1 Å². The van der Waals surface area contributed by atoms with Gasteiger partial charge in [0.25, 0.3) is 5.69 Å². The predicted molar refractivity (Wildman–Crippen MR) is 103 cm³/mol. The number of nitrogens with two attached hydrogens (primary N) is 1. The standard InChI is InChI=1S/C18H23N3O4S/c1-12(2)26(24,25)20-11-13(3)14-4-6-15(7-5-14)16-8-9-17(19)18(10-16)21(22)23/h4-10,12-13,20H,11,19H2,1-3H3/t13-/m0/s1. The molecule has 2 aromatic carbocycles. The van der Waals surface area contributed by atoms with Gasteiger partial charge in [-0.2, -0.15) is 0 Å². The molecule has 0 unspecified atom stereocenters. The molecule has 0 saturated carbocycles. The Bertz CT molecular complexity index is 893. The van der Waals surface area contributed by atoms with E-state index in [4.69, 9.17) is 5.73 Å². The number of nitro benzene ring substituents is 1. The number of nitrogens with zero attached hydrogens (tertiary/aromatic N) is 1. The molecule has 0 radical (unpaired) electrons. The van der Waals surface area contributed by atoms with Crippen molar-refractivity contribution in [3.05, 3.63) is 58.1 Å². The van der Waals surface area contributed by atoms with Crippen LogP contribution in [0.3, 0.4) is 0 Å². The van der Waals surface area contributed by atoms with Gasteiger partial charge >= 0.3 is 0 Å². The van der Waals surface area contributed by atoms with E-state index in [1.807, 2.05) is 31.2 Å². The van der Waals surface area contributed by atoms with Crippen molar-refractivity contribution >= 4 is 21.4 Å². The Kier molecular flexibility index (Phi) is 5.99. The first-order valence-corrected chi connectivity index (χ1v) is 9.79. The molecule has 0 spiro atoms. The second kappa shape index (κ2) is 7.84. The Balaban J connectivity index is 2.16. The first kappa shape index (κ1) is 19.9. The Labute approximate surface area is 153 Å². The summed E-state index contributed by atoms with van der Waals surface area (Å²) < 4.78 is 26.3. The third-order valence-corrected chi connectivity index (χ3v) is 6.06. The highest BCUT2D eigenvalue weighted by Crippen LogP contribution is 2.29. The Morgan fingerprint density at radius 3 is 2.19 bits per heavy atom. The summed E-state index contributed by atoms with van der Waals surface area (Å²) in [6, 6.07) is 12.2. The van der Waals surface area contributed by atoms with Crippen LogP contribution in [0, 0.1) is 10.1 Å². The summed E-state index contributed by atoms with van der Waals surface area (Å²) in [7, 11) is -3.30. The van der Waals surface area contributed by atoms with Gasteiger partial charge < -0.3 is 5.73 Å². The molecule has 7 nitrogen and oxygen atoms in total. The molecule has 8 heteroatoms. The fourth-order valence-electron chi connectivity index (χ4n) is 2.41. The van der Waals surface area contributed by atoms with E-state index in [9.17, 15) is 18.5 Å². The number of nitro groups is 1. The van der Waals surface area contributed by atoms with Crippen LogP contribution in [0.25, 0.3) is 11.1 Å². The zero-order chi connectivity index (χ0) is 19.5. The largest absolute Gasteiger partial charge is 0.393 e. The number of benzene rings is 2. The number of nitrogen functional groups attached to an aromatic ring is 1. The van der Waals surface area contributed by atoms with Crippen LogP contribution in [-0.4, -0.2) is 25.1 Å². The van der Waals surface area contributed by atoms with E-state index in [0.29, 0.717) is 12.1 Å². The van der Waals surface area contributed by atoms with Gasteiger partial charge in [-0.25, -0.2) is 13.1 Å². The highest BCUT2D eigenvalue weighted by molar-refractivity contribution is 7.90. The molecule has 0 fully saturated rings. The minimum Gasteiger partial charge on any atom is -0.393 e. The van der Waals surface area contributed by atoms with E-state index in [2.05, 4.69) is 4.72 Å². The lowest BCUT2D eigenvalue weighted by atomic mass is 9.97. The molecule has 0 amide bonds. The maximum absolute atomic E-state index is 11.8. The van der Waals surface area contributed by atoms with Crippen molar-refractivity contribution in [1.82, 2.24) is 4.72 Å². The van der Waals surface area contributed by atoms with E-state index in [0.717, 1.165) is 11.1 Å². The van der Waals surface area contributed by atoms with Crippen LogP contribution in [0.1, 0.15) is 32.3 Å². The summed E-state index contributed by atoms with van der Waals surface area (Å²) in [6.07, 6.45) is 0. The van der Waals surface area contributed by atoms with Gasteiger partial charge in [0.2, 0.25) is 10.0 Å². The molecule has 3 N–H and O–H groups in total. The zero-order valence-electron chi connectivity index (χ0n) is 15.0. The van der Waals surface area contributed by atoms with Crippen molar-refractivity contribution in [2.45, 2.75) is 31.9 Å². The van der Waals surface area contributed by atoms with Crippen LogP contribution in [-0.2, 0) is 10.0 Å². The van der Waals surface area contributed by atoms with E-state index in [1.54, 1.807) is 19.9 Å². The molecule has 0 aliphatic rings. The smallest absolute Gasteiger partial charge is 0.292 e. The molecule has 1 atom stereocenters. The van der Waals surface area contributed by atoms with Gasteiger partial charge in [-0.05, 0) is 42.5 Å². The predicted octanol–water partition coefficient (Wildman–Crippen LogP) is 3.28. The number of hydrogen-bond acceptors (Lipinski definition) is 5. The number of nitrogens with one attached hydrogen (secondary N) is 1. The Morgan fingerprint density at radius 2 is 1.65 bits per heavy atom. The summed E-state index contributed by atoms with van der Waals surface area (Å²) in [4.78, 5) is 10.5. The SMILES string of the molecule is CC(C)S(=O)(=O)NC[C@H](C)c1ccc(-c2ccc(N)c([N+](=O)[O-])c2)cc1. The maximum Gasteiger partial charge on any atom is 0.292 e. The molecular weight excluding hydrogens is 354 g/mol. The summed E-state index contributed by atoms with van der Waals surface area (Å²) in [5.41, 5.74) is 8.13. The molecule has 0 aromatic heterocycles. The fraction of sp³-hybridized carbons (Fsp3) is 0.333. The highest BCUT2D eigenvalue weighted by atomic mass is 32.2. The summed E-state index contributed by atoms with van der Waals surface area (Å²) >= 11 is 0. The van der Waals surface area contributed by atoms with Crippen LogP contribution >= 0.6 is 0 Å². The van der Waals surface area contributed by atoms with Gasteiger partial charge in [-0.3, -0.25) is 10.1 Å². The maximum atomic E-state index is 11.8. The zero-order valence-corrected chi connectivity index (χ0v) is 15.8. The van der Waals surface area contributed by atoms with E-state index in [1.165, 1.54) is 12.1 Å². The van der Waals surface area contributed by atoms with Gasteiger partial charge in [-0.1, -0.05) is 37.3 Å². The van der Waals surface area contributed by atoms with Crippen molar-refractivity contribution in [3.63, 3.8) is 0 Å². The van der Waals surface area contributed by atoms with Gasteiger partial charge in [-0.15, -0.1) is 0 Å². The van der Waals surface area contributed by atoms with Crippen LogP contribution < -0.4 is 10.5 Å². The van der Waals surface area contributed by atoms with Crippen LogP contribution in [0.2, 0.25) is 0 Å². The molecule has 0 aliphatic carbocycles. The molecule has 0 aliphatic heterocycles. The summed E-state index contributed by atoms with van der Waals surface area (Å²) in [5.74, 6) is -0.00155. The topological polar surface area (TPSA) is 115 Å². The van der Waals surface area contributed by atoms with E-state index >= 15 is 0 Å². The molecule has 2 rings (SSSR count). The third kappa shape index (κ3) is 4.59. The lowest BCUT2D eigenvalue weighted by molar-refractivity contribution is -0.383. The number of anilines is 1. The molecular formula is C18H23N3O4S. The summed E-state index contributed by atoms with van der Waals surface area (Å²) in [5, 5.41) is 10.5. The second-order valence-electron chi connectivity index (χ2n) is 6.50. The molecule has 0 heterocycles. The van der Waals surface area contributed by atoms with Crippen molar-refractivity contribution < 1.29 is 13.3 Å². The third-order valence-electron chi connectivity index (χ3n) is 4.25. The Morgan fingerprint density at radius 1 is 1.08 bits per heavy atom. The molecule has 2 aromatic rings. The number of sulfonamides is 1. The first-order chi connectivity index (χ1) is 12.1. The van der Waals surface area contributed by atoms with Crippen molar-refractivity contribution in [2.75, 3.05) is 12.3 Å². The fourth-order valence-corrected chi connectivity index (χ4v) is 3.23. The van der Waals surface area contributed by atoms with Crippen LogP contribution in [0.4, 0.5) is 11.4 Å². The molecule has 0 saturated heterocycles. The van der Waals surface area contributed by atoms with E-state index < -0.39 is 20.2 Å². The lowest BCUT2D eigenvalue weighted by Crippen LogP contribution is -2.33. The van der Waals surface area contributed by atoms with Gasteiger partial charge in [0.05, 0.1) is 10.2 Å². The van der Waals surface area contributed by atoms with Crippen molar-refractivity contribution in [2.24, 2.45) is 0 Å². The highest BCUT2D eigenvalue weighted by Gasteiger charge is 2.17.